The molecule has 0 spiro atoms. The molecule has 3 aromatic carbocycles. The highest BCUT2D eigenvalue weighted by Gasteiger charge is 2.22. The molecule has 1 aromatic heterocycles. The first-order chi connectivity index (χ1) is 16.1. The van der Waals surface area contributed by atoms with E-state index in [2.05, 4.69) is 10.9 Å². The summed E-state index contributed by atoms with van der Waals surface area (Å²) in [5.41, 5.74) is 5.49. The van der Waals surface area contributed by atoms with Crippen LogP contribution in [0, 0.1) is 5.82 Å². The van der Waals surface area contributed by atoms with Crippen LogP contribution < -0.4 is 25.1 Å². The lowest BCUT2D eigenvalue weighted by atomic mass is 10.1. The lowest BCUT2D eigenvalue weighted by Crippen LogP contribution is -2.41. The molecular weight excluding hydrogens is 447 g/mol. The van der Waals surface area contributed by atoms with Gasteiger partial charge in [-0.25, -0.2) is 4.39 Å². The highest BCUT2D eigenvalue weighted by atomic mass is 32.1. The number of amides is 2. The molecule has 0 fully saturated rings. The third-order valence-corrected chi connectivity index (χ3v) is 6.22. The maximum absolute atomic E-state index is 14.6. The van der Waals surface area contributed by atoms with Gasteiger partial charge >= 0.3 is 0 Å². The molecule has 166 valence electrons. The molecule has 0 saturated carbocycles. The molecule has 2 amide bonds. The van der Waals surface area contributed by atoms with E-state index in [-0.39, 0.29) is 23.8 Å². The van der Waals surface area contributed by atoms with Crippen LogP contribution >= 0.6 is 11.3 Å². The largest absolute Gasteiger partial charge is 0.489 e. The van der Waals surface area contributed by atoms with Crippen molar-refractivity contribution in [2.75, 3.05) is 6.79 Å². The molecule has 0 saturated heterocycles. The van der Waals surface area contributed by atoms with Gasteiger partial charge in [-0.2, -0.15) is 0 Å². The molecule has 1 aliphatic heterocycles. The second-order valence-corrected chi connectivity index (χ2v) is 8.15. The number of ether oxygens (including phenoxy) is 3. The number of fused-ring (bicyclic) bond motifs is 2. The Hall–Kier alpha value is -4.11. The summed E-state index contributed by atoms with van der Waals surface area (Å²) in [6, 6.07) is 18.4. The summed E-state index contributed by atoms with van der Waals surface area (Å²) in [4.78, 5) is 25.7. The molecule has 0 radical (unpaired) electrons. The fourth-order valence-corrected chi connectivity index (χ4v) is 4.56. The van der Waals surface area contributed by atoms with Crippen LogP contribution in [-0.4, -0.2) is 18.6 Å². The molecule has 0 unspecified atom stereocenters. The molecule has 0 aliphatic carbocycles. The first-order valence-corrected chi connectivity index (χ1v) is 10.8. The summed E-state index contributed by atoms with van der Waals surface area (Å²) in [7, 11) is 0. The average Bonchev–Trinajstić information content (AvgIpc) is 3.46. The SMILES string of the molecule is O=C(NNC(=O)c1sc2cccc(F)c2c1COc1ccccc1)c1ccc2c(c1)OCO2. The Balaban J connectivity index is 1.36. The molecule has 2 N–H and O–H groups in total. The Morgan fingerprint density at radius 3 is 2.58 bits per heavy atom. The Labute approximate surface area is 191 Å². The Morgan fingerprint density at radius 1 is 0.939 bits per heavy atom. The van der Waals surface area contributed by atoms with Crippen molar-refractivity contribution in [3.8, 4) is 17.2 Å². The van der Waals surface area contributed by atoms with E-state index < -0.39 is 17.6 Å². The minimum atomic E-state index is -0.573. The van der Waals surface area contributed by atoms with Crippen molar-refractivity contribution in [1.82, 2.24) is 10.9 Å². The first kappa shape index (κ1) is 20.8. The molecule has 33 heavy (non-hydrogen) atoms. The van der Waals surface area contributed by atoms with Gasteiger partial charge in [0.15, 0.2) is 11.5 Å². The van der Waals surface area contributed by atoms with Crippen LogP contribution in [-0.2, 0) is 6.61 Å². The molecule has 7 nitrogen and oxygen atoms in total. The second-order valence-electron chi connectivity index (χ2n) is 7.10. The zero-order valence-electron chi connectivity index (χ0n) is 17.1. The summed E-state index contributed by atoms with van der Waals surface area (Å²) in [6.45, 7) is 0.0806. The predicted octanol–water partition coefficient (Wildman–Crippen LogP) is 4.42. The van der Waals surface area contributed by atoms with Crippen molar-refractivity contribution in [3.05, 3.63) is 88.6 Å². The molecule has 0 bridgehead atoms. The Kier molecular flexibility index (Phi) is 5.54. The number of hydrogen-bond donors (Lipinski definition) is 2. The van der Waals surface area contributed by atoms with Gasteiger partial charge in [0.05, 0.1) is 0 Å². The van der Waals surface area contributed by atoms with Crippen LogP contribution in [0.1, 0.15) is 25.6 Å². The molecule has 9 heteroatoms. The molecule has 5 rings (SSSR count). The summed E-state index contributed by atoms with van der Waals surface area (Å²) in [5, 5.41) is 0.325. The van der Waals surface area contributed by atoms with Gasteiger partial charge in [0.1, 0.15) is 23.1 Å². The van der Waals surface area contributed by atoms with Gasteiger partial charge in [-0.15, -0.1) is 11.3 Å². The van der Waals surface area contributed by atoms with Crippen LogP contribution in [0.25, 0.3) is 10.1 Å². The number of rotatable bonds is 5. The zero-order chi connectivity index (χ0) is 22.8. The lowest BCUT2D eigenvalue weighted by Gasteiger charge is -2.10. The van der Waals surface area contributed by atoms with E-state index in [1.165, 1.54) is 12.1 Å². The number of nitrogens with one attached hydrogen (secondary N) is 2. The van der Waals surface area contributed by atoms with Crippen LogP contribution in [0.5, 0.6) is 17.2 Å². The Bertz CT molecular complexity index is 1360. The molecule has 2 heterocycles. The smallest absolute Gasteiger partial charge is 0.280 e. The van der Waals surface area contributed by atoms with Crippen molar-refractivity contribution >= 4 is 33.2 Å². The summed E-state index contributed by atoms with van der Waals surface area (Å²) < 4.78 is 31.5. The molecule has 1 aliphatic rings. The van der Waals surface area contributed by atoms with Gasteiger partial charge in [-0.3, -0.25) is 20.4 Å². The van der Waals surface area contributed by atoms with Crippen molar-refractivity contribution in [1.29, 1.82) is 0 Å². The number of benzene rings is 3. The summed E-state index contributed by atoms with van der Waals surface area (Å²) in [5.74, 6) is 0.0437. The number of para-hydroxylation sites is 1. The summed E-state index contributed by atoms with van der Waals surface area (Å²) >= 11 is 1.13. The maximum Gasteiger partial charge on any atom is 0.280 e. The Morgan fingerprint density at radius 2 is 1.73 bits per heavy atom. The number of carbonyl (C=O) groups excluding carboxylic acids is 2. The fourth-order valence-electron chi connectivity index (χ4n) is 3.44. The van der Waals surface area contributed by atoms with Crippen LogP contribution in [0.3, 0.4) is 0 Å². The van der Waals surface area contributed by atoms with Gasteiger partial charge in [0.25, 0.3) is 11.8 Å². The fraction of sp³-hybridized carbons (Fsp3) is 0.0833. The third-order valence-electron chi connectivity index (χ3n) is 5.02. The minimum Gasteiger partial charge on any atom is -0.489 e. The molecule has 4 aromatic rings. The topological polar surface area (TPSA) is 85.9 Å². The van der Waals surface area contributed by atoms with Gasteiger partial charge in [0, 0.05) is 21.2 Å². The predicted molar refractivity (Wildman–Crippen MR) is 120 cm³/mol. The van der Waals surface area contributed by atoms with E-state index in [9.17, 15) is 14.0 Å². The van der Waals surface area contributed by atoms with Crippen LogP contribution in [0.4, 0.5) is 4.39 Å². The van der Waals surface area contributed by atoms with Gasteiger partial charge < -0.3 is 14.2 Å². The van der Waals surface area contributed by atoms with Gasteiger partial charge in [0.2, 0.25) is 6.79 Å². The normalized spacial score (nSPS) is 11.9. The van der Waals surface area contributed by atoms with Crippen LogP contribution in [0.2, 0.25) is 0 Å². The van der Waals surface area contributed by atoms with Gasteiger partial charge in [-0.05, 0) is 42.5 Å². The first-order valence-electron chi connectivity index (χ1n) is 9.98. The van der Waals surface area contributed by atoms with E-state index >= 15 is 0 Å². The minimum absolute atomic E-state index is 0.0101. The number of hydrogen-bond acceptors (Lipinski definition) is 6. The second kappa shape index (κ2) is 8.79. The lowest BCUT2D eigenvalue weighted by molar-refractivity contribution is 0.0847. The molecule has 0 atom stereocenters. The monoisotopic (exact) mass is 464 g/mol. The van der Waals surface area contributed by atoms with Crippen molar-refractivity contribution < 1.29 is 28.2 Å². The van der Waals surface area contributed by atoms with Crippen molar-refractivity contribution in [2.24, 2.45) is 0 Å². The number of hydrazine groups is 1. The van der Waals surface area contributed by atoms with E-state index in [0.29, 0.717) is 32.9 Å². The average molecular weight is 464 g/mol. The highest BCUT2D eigenvalue weighted by molar-refractivity contribution is 7.21. The van der Waals surface area contributed by atoms with E-state index in [4.69, 9.17) is 14.2 Å². The van der Waals surface area contributed by atoms with E-state index in [0.717, 1.165) is 11.3 Å². The van der Waals surface area contributed by atoms with E-state index in [1.54, 1.807) is 36.4 Å². The third kappa shape index (κ3) is 4.18. The number of halogens is 1. The van der Waals surface area contributed by atoms with E-state index in [1.807, 2.05) is 18.2 Å². The number of thiophene rings is 1. The quantitative estimate of drug-likeness (QED) is 0.427. The maximum atomic E-state index is 14.6. The van der Waals surface area contributed by atoms with Crippen LogP contribution in [0.15, 0.2) is 66.7 Å². The zero-order valence-corrected chi connectivity index (χ0v) is 17.9. The highest BCUT2D eigenvalue weighted by Crippen LogP contribution is 2.34. The summed E-state index contributed by atoms with van der Waals surface area (Å²) in [6.07, 6.45) is 0. The van der Waals surface area contributed by atoms with Crippen molar-refractivity contribution in [3.63, 3.8) is 0 Å². The van der Waals surface area contributed by atoms with Crippen molar-refractivity contribution in [2.45, 2.75) is 6.61 Å². The van der Waals surface area contributed by atoms with Gasteiger partial charge in [-0.1, -0.05) is 24.3 Å². The molecular formula is C24H17FN2O5S. The number of carbonyl (C=O) groups is 2. The standard InChI is InChI=1S/C24H17FN2O5S/c25-17-7-4-8-20-21(17)16(12-30-15-5-2-1-3-6-15)22(33-20)24(29)27-26-23(28)14-9-10-18-19(11-14)32-13-31-18/h1-11H,12-13H2,(H,26,28)(H,27,29).